The second-order valence-electron chi connectivity index (χ2n) is 6.12. The second-order valence-corrected chi connectivity index (χ2v) is 6.12. The van der Waals surface area contributed by atoms with Gasteiger partial charge in [-0.3, -0.25) is 18.9 Å². The molecule has 1 aromatic carbocycles. The molecule has 0 fully saturated rings. The van der Waals surface area contributed by atoms with Crippen molar-refractivity contribution in [3.63, 3.8) is 0 Å². The van der Waals surface area contributed by atoms with Gasteiger partial charge < -0.3 is 4.74 Å². The number of nitrogens with zero attached hydrogens (tertiary/aromatic N) is 4. The Balaban J connectivity index is 2.17. The lowest BCUT2D eigenvalue weighted by Gasteiger charge is -2.12. The van der Waals surface area contributed by atoms with E-state index in [2.05, 4.69) is 4.98 Å². The third-order valence-corrected chi connectivity index (χ3v) is 4.61. The van der Waals surface area contributed by atoms with Crippen molar-refractivity contribution in [3.05, 3.63) is 56.8 Å². The van der Waals surface area contributed by atoms with Crippen molar-refractivity contribution < 1.29 is 13.9 Å². The maximum atomic E-state index is 14.6. The number of halogens is 1. The number of ketones is 1. The lowest BCUT2D eigenvalue weighted by Crippen LogP contribution is -2.39. The van der Waals surface area contributed by atoms with Gasteiger partial charge >= 0.3 is 5.69 Å². The molecule has 0 bridgehead atoms. The molecule has 0 radical (unpaired) electrons. The number of ether oxygens (including phenoxy) is 1. The largest absolute Gasteiger partial charge is 0.369 e. The summed E-state index contributed by atoms with van der Waals surface area (Å²) in [5, 5.41) is 9.83. The number of pyridine rings is 1. The number of carbonyl (C=O) groups excluding carboxylic acids is 1. The SMILES string of the molecule is COC1C=c2ncc3c(c2=CC1=O)n(-c1ccc(C#N)cc1F)c(=O)n3C. The summed E-state index contributed by atoms with van der Waals surface area (Å²) in [7, 11) is 2.96. The predicted octanol–water partition coefficient (Wildman–Crippen LogP) is -0.106. The smallest absolute Gasteiger partial charge is 0.333 e. The number of aryl methyl sites for hydroxylation is 1. The minimum Gasteiger partial charge on any atom is -0.369 e. The van der Waals surface area contributed by atoms with E-state index in [1.807, 2.05) is 6.07 Å². The molecule has 27 heavy (non-hydrogen) atoms. The maximum absolute atomic E-state index is 14.6. The Hall–Kier alpha value is -3.57. The molecule has 134 valence electrons. The molecule has 4 rings (SSSR count). The van der Waals surface area contributed by atoms with Gasteiger partial charge in [-0.25, -0.2) is 9.18 Å². The highest BCUT2D eigenvalue weighted by Crippen LogP contribution is 2.18. The summed E-state index contributed by atoms with van der Waals surface area (Å²) in [6.07, 6.45) is 3.67. The first-order valence-corrected chi connectivity index (χ1v) is 8.03. The van der Waals surface area contributed by atoms with Gasteiger partial charge in [0.15, 0.2) is 5.78 Å². The number of fused-ring (bicyclic) bond motifs is 3. The van der Waals surface area contributed by atoms with Crippen LogP contribution in [0.1, 0.15) is 5.56 Å². The average Bonchev–Trinajstić information content (AvgIpc) is 2.92. The number of hydrogen-bond donors (Lipinski definition) is 0. The van der Waals surface area contributed by atoms with Crippen molar-refractivity contribution in [2.75, 3.05) is 7.11 Å². The fraction of sp³-hybridized carbons (Fsp3) is 0.158. The minimum absolute atomic E-state index is 0.00675. The van der Waals surface area contributed by atoms with E-state index in [0.717, 1.165) is 6.07 Å². The summed E-state index contributed by atoms with van der Waals surface area (Å²) in [5.41, 5.74) is 0.476. The summed E-state index contributed by atoms with van der Waals surface area (Å²) in [6.45, 7) is 0. The van der Waals surface area contributed by atoms with E-state index in [-0.39, 0.29) is 17.0 Å². The second kappa shape index (κ2) is 6.00. The lowest BCUT2D eigenvalue weighted by molar-refractivity contribution is -0.119. The van der Waals surface area contributed by atoms with Crippen LogP contribution >= 0.6 is 0 Å². The normalized spacial score (nSPS) is 15.8. The highest BCUT2D eigenvalue weighted by Gasteiger charge is 2.22. The van der Waals surface area contributed by atoms with Gasteiger partial charge in [0.25, 0.3) is 0 Å². The third-order valence-electron chi connectivity index (χ3n) is 4.61. The van der Waals surface area contributed by atoms with E-state index in [1.54, 1.807) is 13.1 Å². The molecule has 0 N–H and O–H groups in total. The number of nitriles is 1. The summed E-state index contributed by atoms with van der Waals surface area (Å²) >= 11 is 0. The number of aromatic nitrogens is 3. The topological polar surface area (TPSA) is 89.9 Å². The molecule has 3 aromatic rings. The molecule has 2 aromatic heterocycles. The fourth-order valence-electron chi connectivity index (χ4n) is 3.24. The molecule has 7 nitrogen and oxygen atoms in total. The van der Waals surface area contributed by atoms with Crippen LogP contribution in [-0.2, 0) is 16.6 Å². The standard InChI is InChI=1S/C19H13FN4O3/c1-23-15-9-22-13-7-17(27-2)16(25)6-11(13)18(15)24(19(23)26)14-4-3-10(8-21)5-12(14)20/h3-7,9,17H,1-2H3. The highest BCUT2D eigenvalue weighted by molar-refractivity contribution is 6.13. The number of benzene rings is 1. The van der Waals surface area contributed by atoms with Gasteiger partial charge in [-0.05, 0) is 30.4 Å². The molecule has 0 spiro atoms. The maximum Gasteiger partial charge on any atom is 0.333 e. The Morgan fingerprint density at radius 1 is 1.33 bits per heavy atom. The Labute approximate surface area is 151 Å². The zero-order chi connectivity index (χ0) is 19.3. The molecule has 0 amide bonds. The van der Waals surface area contributed by atoms with E-state index < -0.39 is 17.6 Å². The molecule has 0 saturated carbocycles. The van der Waals surface area contributed by atoms with Crippen LogP contribution in [0.2, 0.25) is 0 Å². The first-order valence-electron chi connectivity index (χ1n) is 8.03. The van der Waals surface area contributed by atoms with Crippen LogP contribution in [0.5, 0.6) is 0 Å². The van der Waals surface area contributed by atoms with Crippen LogP contribution < -0.4 is 16.3 Å². The van der Waals surface area contributed by atoms with Crippen LogP contribution in [0.4, 0.5) is 4.39 Å². The summed E-state index contributed by atoms with van der Waals surface area (Å²) in [4.78, 5) is 29.4. The van der Waals surface area contributed by atoms with Gasteiger partial charge in [-0.15, -0.1) is 0 Å². The van der Waals surface area contributed by atoms with Crippen molar-refractivity contribution in [2.45, 2.75) is 6.10 Å². The Bertz CT molecular complexity index is 1340. The van der Waals surface area contributed by atoms with Gasteiger partial charge in [-0.1, -0.05) is 0 Å². The average molecular weight is 364 g/mol. The molecule has 1 unspecified atom stereocenters. The van der Waals surface area contributed by atoms with Crippen molar-refractivity contribution in [2.24, 2.45) is 7.05 Å². The fourth-order valence-corrected chi connectivity index (χ4v) is 3.24. The number of hydrogen-bond acceptors (Lipinski definition) is 5. The molecular formula is C19H13FN4O3. The van der Waals surface area contributed by atoms with Crippen LogP contribution in [0.3, 0.4) is 0 Å². The molecule has 2 heterocycles. The Kier molecular flexibility index (Phi) is 3.75. The van der Waals surface area contributed by atoms with Gasteiger partial charge in [-0.2, -0.15) is 5.26 Å². The van der Waals surface area contributed by atoms with Crippen molar-refractivity contribution in [1.82, 2.24) is 14.1 Å². The van der Waals surface area contributed by atoms with E-state index in [1.165, 1.54) is 40.6 Å². The van der Waals surface area contributed by atoms with Gasteiger partial charge in [0.2, 0.25) is 0 Å². The van der Waals surface area contributed by atoms with Crippen molar-refractivity contribution >= 4 is 29.0 Å². The monoisotopic (exact) mass is 364 g/mol. The van der Waals surface area contributed by atoms with Crippen LogP contribution in [-0.4, -0.2) is 33.1 Å². The molecular weight excluding hydrogens is 351 g/mol. The molecule has 8 heteroatoms. The summed E-state index contributed by atoms with van der Waals surface area (Å²) < 4.78 is 22.3. The summed E-state index contributed by atoms with van der Waals surface area (Å²) in [5.74, 6) is -1.00. The number of rotatable bonds is 2. The zero-order valence-electron chi connectivity index (χ0n) is 14.4. The quantitative estimate of drug-likeness (QED) is 0.633. The zero-order valence-corrected chi connectivity index (χ0v) is 14.4. The van der Waals surface area contributed by atoms with Gasteiger partial charge in [0, 0.05) is 19.4 Å². The van der Waals surface area contributed by atoms with E-state index in [4.69, 9.17) is 10.00 Å². The molecule has 1 atom stereocenters. The highest BCUT2D eigenvalue weighted by atomic mass is 19.1. The molecule has 0 aliphatic heterocycles. The number of carbonyl (C=O) groups is 1. The van der Waals surface area contributed by atoms with Gasteiger partial charge in [0.05, 0.1) is 39.9 Å². The van der Waals surface area contributed by atoms with Crippen LogP contribution in [0.15, 0.2) is 29.2 Å². The number of imidazole rings is 1. The number of Topliss-reactive ketones (excluding diaryl/α,β-unsaturated/α-hetero) is 1. The van der Waals surface area contributed by atoms with E-state index in [9.17, 15) is 14.0 Å². The van der Waals surface area contributed by atoms with Crippen molar-refractivity contribution in [3.8, 4) is 11.8 Å². The Morgan fingerprint density at radius 3 is 2.78 bits per heavy atom. The minimum atomic E-state index is -0.752. The van der Waals surface area contributed by atoms with E-state index >= 15 is 0 Å². The summed E-state index contributed by atoms with van der Waals surface area (Å²) in [6, 6.07) is 5.72. The van der Waals surface area contributed by atoms with Crippen LogP contribution in [0.25, 0.3) is 28.9 Å². The molecule has 1 aliphatic carbocycles. The predicted molar refractivity (Wildman–Crippen MR) is 95.0 cm³/mol. The van der Waals surface area contributed by atoms with Crippen LogP contribution in [0, 0.1) is 17.1 Å². The number of methoxy groups -OCH3 is 1. The molecule has 1 aliphatic rings. The van der Waals surface area contributed by atoms with Gasteiger partial charge in [0.1, 0.15) is 11.9 Å². The first-order chi connectivity index (χ1) is 13.0. The molecule has 0 saturated heterocycles. The first kappa shape index (κ1) is 16.9. The van der Waals surface area contributed by atoms with Crippen molar-refractivity contribution in [1.29, 1.82) is 5.26 Å². The Morgan fingerprint density at radius 2 is 2.11 bits per heavy atom. The third kappa shape index (κ3) is 2.40. The van der Waals surface area contributed by atoms with E-state index in [0.29, 0.717) is 21.6 Å². The lowest BCUT2D eigenvalue weighted by atomic mass is 10.1.